The molecule has 1 heterocycles. The van der Waals surface area contributed by atoms with Gasteiger partial charge in [-0.3, -0.25) is 0 Å². The molecule has 1 saturated heterocycles. The number of ether oxygens (including phenoxy) is 4. The molecule has 7 nitrogen and oxygen atoms in total. The van der Waals surface area contributed by atoms with Crippen molar-refractivity contribution in [2.45, 2.75) is 45.8 Å². The predicted molar refractivity (Wildman–Crippen MR) is 142 cm³/mol. The first-order valence-corrected chi connectivity index (χ1v) is 13.0. The highest BCUT2D eigenvalue weighted by Crippen LogP contribution is 2.32. The van der Waals surface area contributed by atoms with Gasteiger partial charge in [0.2, 0.25) is 0 Å². The maximum Gasteiger partial charge on any atom is 0.407 e. The van der Waals surface area contributed by atoms with Crippen molar-refractivity contribution in [1.29, 1.82) is 0 Å². The zero-order valence-electron chi connectivity index (χ0n) is 22.1. The zero-order chi connectivity index (χ0) is 25.8. The van der Waals surface area contributed by atoms with Crippen molar-refractivity contribution in [2.24, 2.45) is 17.8 Å². The third-order valence-electron chi connectivity index (χ3n) is 6.88. The van der Waals surface area contributed by atoms with E-state index < -0.39 is 0 Å². The van der Waals surface area contributed by atoms with Gasteiger partial charge in [-0.15, -0.1) is 0 Å². The molecule has 3 rings (SSSR count). The monoisotopic (exact) mass is 498 g/mol. The summed E-state index contributed by atoms with van der Waals surface area (Å²) in [4.78, 5) is 12.5. The largest absolute Gasteiger partial charge is 0.493 e. The third kappa shape index (κ3) is 8.71. The van der Waals surface area contributed by atoms with Gasteiger partial charge in [0.15, 0.2) is 11.5 Å². The smallest absolute Gasteiger partial charge is 0.407 e. The lowest BCUT2D eigenvalue weighted by Gasteiger charge is -2.28. The van der Waals surface area contributed by atoms with Crippen molar-refractivity contribution in [2.75, 3.05) is 40.5 Å². The van der Waals surface area contributed by atoms with Gasteiger partial charge in [-0.05, 0) is 53.9 Å². The van der Waals surface area contributed by atoms with Crippen molar-refractivity contribution in [3.8, 4) is 11.5 Å². The number of methoxy groups -OCH3 is 2. The molecule has 1 fully saturated rings. The Balaban J connectivity index is 1.57. The van der Waals surface area contributed by atoms with E-state index in [1.54, 1.807) is 14.2 Å². The Labute approximate surface area is 215 Å². The molecule has 0 aliphatic carbocycles. The fraction of sp³-hybridized carbons (Fsp3) is 0.552. The summed E-state index contributed by atoms with van der Waals surface area (Å²) in [5, 5.41) is 6.54. The van der Waals surface area contributed by atoms with Crippen LogP contribution in [-0.4, -0.2) is 52.7 Å². The van der Waals surface area contributed by atoms with Crippen molar-refractivity contribution >= 4 is 6.09 Å². The molecule has 1 aliphatic heterocycles. The summed E-state index contributed by atoms with van der Waals surface area (Å²) in [7, 11) is 3.36. The van der Waals surface area contributed by atoms with Crippen molar-refractivity contribution < 1.29 is 23.7 Å². The summed E-state index contributed by atoms with van der Waals surface area (Å²) in [6, 6.07) is 16.0. The molecular weight excluding hydrogens is 456 g/mol. The van der Waals surface area contributed by atoms with Gasteiger partial charge in [-0.25, -0.2) is 4.79 Å². The van der Waals surface area contributed by atoms with E-state index in [4.69, 9.17) is 18.9 Å². The Morgan fingerprint density at radius 2 is 1.83 bits per heavy atom. The van der Waals surface area contributed by atoms with Crippen LogP contribution < -0.4 is 20.1 Å². The van der Waals surface area contributed by atoms with Crippen LogP contribution in [0.15, 0.2) is 48.5 Å². The number of nitrogens with one attached hydrogen (secondary N) is 2. The van der Waals surface area contributed by atoms with Crippen LogP contribution in [0.3, 0.4) is 0 Å². The van der Waals surface area contributed by atoms with Crippen molar-refractivity contribution in [1.82, 2.24) is 10.6 Å². The third-order valence-corrected chi connectivity index (χ3v) is 6.88. The lowest BCUT2D eigenvalue weighted by Crippen LogP contribution is -2.41. The second kappa shape index (κ2) is 14.7. The van der Waals surface area contributed by atoms with Gasteiger partial charge in [0.05, 0.1) is 13.7 Å². The number of carbonyl (C=O) groups excluding carboxylic acids is 1. The van der Waals surface area contributed by atoms with Crippen molar-refractivity contribution in [3.63, 3.8) is 0 Å². The van der Waals surface area contributed by atoms with Gasteiger partial charge in [0, 0.05) is 39.3 Å². The van der Waals surface area contributed by atoms with Crippen LogP contribution >= 0.6 is 0 Å². The van der Waals surface area contributed by atoms with Gasteiger partial charge < -0.3 is 29.6 Å². The molecule has 7 heteroatoms. The molecule has 2 aromatic rings. The molecule has 0 spiro atoms. The number of hydrogen-bond acceptors (Lipinski definition) is 6. The summed E-state index contributed by atoms with van der Waals surface area (Å²) in [5.74, 6) is 2.84. The van der Waals surface area contributed by atoms with E-state index in [1.165, 1.54) is 5.56 Å². The van der Waals surface area contributed by atoms with Gasteiger partial charge in [-0.1, -0.05) is 50.2 Å². The Kier molecular flexibility index (Phi) is 11.4. The topological polar surface area (TPSA) is 78.1 Å². The summed E-state index contributed by atoms with van der Waals surface area (Å²) in [6.45, 7) is 7.73. The first kappa shape index (κ1) is 27.8. The second-order valence-corrected chi connectivity index (χ2v) is 9.85. The van der Waals surface area contributed by atoms with Gasteiger partial charge in [-0.2, -0.15) is 0 Å². The first-order chi connectivity index (χ1) is 17.5. The van der Waals surface area contributed by atoms with E-state index in [1.807, 2.05) is 36.4 Å². The van der Waals surface area contributed by atoms with Gasteiger partial charge >= 0.3 is 6.09 Å². The SMILES string of the molecule is COCCCOc1cc(C[C@@H](C[C@@H]2CNC[C@H]2NC(=O)OCc2ccccc2)C(C)C)ccc1OC. The highest BCUT2D eigenvalue weighted by atomic mass is 16.5. The molecule has 0 bridgehead atoms. The van der Waals surface area contributed by atoms with E-state index in [0.717, 1.165) is 49.4 Å². The van der Waals surface area contributed by atoms with Crippen LogP contribution in [0.25, 0.3) is 0 Å². The lowest BCUT2D eigenvalue weighted by atomic mass is 9.80. The molecule has 0 aromatic heterocycles. The van der Waals surface area contributed by atoms with Gasteiger partial charge in [0.1, 0.15) is 6.61 Å². The highest BCUT2D eigenvalue weighted by molar-refractivity contribution is 5.67. The minimum absolute atomic E-state index is 0.0602. The van der Waals surface area contributed by atoms with E-state index in [9.17, 15) is 4.79 Å². The van der Waals surface area contributed by atoms with Crippen LogP contribution in [0, 0.1) is 17.8 Å². The first-order valence-electron chi connectivity index (χ1n) is 13.0. The molecule has 0 radical (unpaired) electrons. The van der Waals surface area contributed by atoms with Crippen LogP contribution in [0.5, 0.6) is 11.5 Å². The molecule has 0 unspecified atom stereocenters. The van der Waals surface area contributed by atoms with Crippen LogP contribution in [0.1, 0.15) is 37.8 Å². The van der Waals surface area contributed by atoms with Gasteiger partial charge in [0.25, 0.3) is 0 Å². The Bertz CT molecular complexity index is 921. The summed E-state index contributed by atoms with van der Waals surface area (Å²) in [6.07, 6.45) is 2.43. The standard InChI is InChI=1S/C29H42N2O5/c1-21(2)24(15-23-11-12-27(34-4)28(16-23)35-14-8-13-33-3)17-25-18-30-19-26(25)31-29(32)36-20-22-9-6-5-7-10-22/h5-7,9-12,16,21,24-26,30H,8,13-15,17-20H2,1-4H3,(H,31,32)/t24-,25+,26+/m0/s1. The molecule has 0 saturated carbocycles. The van der Waals surface area contributed by atoms with E-state index in [-0.39, 0.29) is 18.7 Å². The fourth-order valence-electron chi connectivity index (χ4n) is 4.69. The molecule has 198 valence electrons. The highest BCUT2D eigenvalue weighted by Gasteiger charge is 2.32. The average molecular weight is 499 g/mol. The lowest BCUT2D eigenvalue weighted by molar-refractivity contribution is 0.132. The zero-order valence-corrected chi connectivity index (χ0v) is 22.1. The summed E-state index contributed by atoms with van der Waals surface area (Å²) >= 11 is 0. The predicted octanol–water partition coefficient (Wildman–Crippen LogP) is 4.83. The minimum Gasteiger partial charge on any atom is -0.493 e. The molecule has 2 N–H and O–H groups in total. The second-order valence-electron chi connectivity index (χ2n) is 9.85. The number of benzene rings is 2. The van der Waals surface area contributed by atoms with E-state index in [0.29, 0.717) is 31.0 Å². The normalized spacial score (nSPS) is 18.1. The number of rotatable bonds is 14. The molecule has 36 heavy (non-hydrogen) atoms. The minimum atomic E-state index is -0.357. The van der Waals surface area contributed by atoms with E-state index in [2.05, 4.69) is 36.6 Å². The Morgan fingerprint density at radius 1 is 1.03 bits per heavy atom. The molecule has 1 amide bonds. The molecule has 3 atom stereocenters. The van der Waals surface area contributed by atoms with Crippen LogP contribution in [0.4, 0.5) is 4.79 Å². The Hall–Kier alpha value is -2.77. The number of hydrogen-bond donors (Lipinski definition) is 2. The average Bonchev–Trinajstić information content (AvgIpc) is 3.32. The molecule has 2 aromatic carbocycles. The van der Waals surface area contributed by atoms with E-state index >= 15 is 0 Å². The van der Waals surface area contributed by atoms with Crippen molar-refractivity contribution in [3.05, 3.63) is 59.7 Å². The number of carbonyl (C=O) groups is 1. The van der Waals surface area contributed by atoms with Crippen LogP contribution in [-0.2, 0) is 22.5 Å². The fourth-order valence-corrected chi connectivity index (χ4v) is 4.69. The molecular formula is C29H42N2O5. The maximum absolute atomic E-state index is 12.5. The quantitative estimate of drug-likeness (QED) is 0.363. The summed E-state index contributed by atoms with van der Waals surface area (Å²) < 4.78 is 22.1. The maximum atomic E-state index is 12.5. The van der Waals surface area contributed by atoms with Crippen LogP contribution in [0.2, 0.25) is 0 Å². The summed E-state index contributed by atoms with van der Waals surface area (Å²) in [5.41, 5.74) is 2.21. The number of alkyl carbamates (subject to hydrolysis) is 1. The Morgan fingerprint density at radius 3 is 2.56 bits per heavy atom. The number of amides is 1. The molecule has 1 aliphatic rings.